The second-order valence-corrected chi connectivity index (χ2v) is 7.53. The number of aliphatic hydroxyl groups is 1. The number of likely N-dealkylation sites (tertiary alicyclic amines) is 1. The Morgan fingerprint density at radius 3 is 2.22 bits per heavy atom. The van der Waals surface area contributed by atoms with Gasteiger partial charge in [0.15, 0.2) is 0 Å². The number of hydrogen-bond acceptors (Lipinski definition) is 5. The van der Waals surface area contributed by atoms with Crippen molar-refractivity contribution in [3.05, 3.63) is 71.0 Å². The van der Waals surface area contributed by atoms with Crippen LogP contribution in [0.15, 0.2) is 54.1 Å². The normalized spacial score (nSPS) is 17.9. The summed E-state index contributed by atoms with van der Waals surface area (Å²) in [5.74, 6) is -1.45. The van der Waals surface area contributed by atoms with Crippen molar-refractivity contribution in [1.82, 2.24) is 9.80 Å². The lowest BCUT2D eigenvalue weighted by Crippen LogP contribution is -2.38. The number of likely N-dealkylation sites (N-methyl/N-ethyl adjacent to an activating group) is 1. The maximum Gasteiger partial charge on any atom is 0.295 e. The monoisotopic (exact) mass is 440 g/mol. The molecule has 2 aromatic rings. The molecule has 6 nitrogen and oxygen atoms in total. The number of carbonyl (C=O) groups is 2. The third-order valence-electron chi connectivity index (χ3n) is 5.72. The van der Waals surface area contributed by atoms with E-state index in [4.69, 9.17) is 4.74 Å². The number of halogens is 1. The molecule has 0 aliphatic carbocycles. The molecule has 0 bridgehead atoms. The second-order valence-electron chi connectivity index (χ2n) is 7.53. The molecular weight excluding hydrogens is 411 g/mol. The van der Waals surface area contributed by atoms with E-state index in [1.54, 1.807) is 36.4 Å². The summed E-state index contributed by atoms with van der Waals surface area (Å²) in [6, 6.07) is 11.6. The molecule has 1 N–H and O–H groups in total. The van der Waals surface area contributed by atoms with Crippen LogP contribution in [0, 0.1) is 5.82 Å². The van der Waals surface area contributed by atoms with Gasteiger partial charge in [-0.2, -0.15) is 0 Å². The molecule has 1 heterocycles. The first-order chi connectivity index (χ1) is 15.4. The Morgan fingerprint density at radius 1 is 1.03 bits per heavy atom. The van der Waals surface area contributed by atoms with Crippen molar-refractivity contribution in [2.75, 3.05) is 32.8 Å². The fraction of sp³-hybridized carbons (Fsp3) is 0.360. The van der Waals surface area contributed by atoms with E-state index in [-0.39, 0.29) is 11.3 Å². The van der Waals surface area contributed by atoms with Gasteiger partial charge in [-0.1, -0.05) is 26.0 Å². The van der Waals surface area contributed by atoms with Crippen molar-refractivity contribution in [2.24, 2.45) is 0 Å². The molecule has 32 heavy (non-hydrogen) atoms. The summed E-state index contributed by atoms with van der Waals surface area (Å²) in [5, 5.41) is 11.1. The Morgan fingerprint density at radius 2 is 1.66 bits per heavy atom. The summed E-state index contributed by atoms with van der Waals surface area (Å²) in [5.41, 5.74) is 0.977. The predicted molar refractivity (Wildman–Crippen MR) is 121 cm³/mol. The van der Waals surface area contributed by atoms with Crippen LogP contribution >= 0.6 is 0 Å². The van der Waals surface area contributed by atoms with Gasteiger partial charge in [0, 0.05) is 18.7 Å². The zero-order valence-corrected chi connectivity index (χ0v) is 18.7. The minimum Gasteiger partial charge on any atom is -0.507 e. The van der Waals surface area contributed by atoms with E-state index in [9.17, 15) is 19.1 Å². The van der Waals surface area contributed by atoms with Gasteiger partial charge in [0.25, 0.3) is 11.7 Å². The average molecular weight is 441 g/mol. The highest BCUT2D eigenvalue weighted by Gasteiger charge is 2.45. The van der Waals surface area contributed by atoms with Gasteiger partial charge in [-0.05, 0) is 62.0 Å². The third kappa shape index (κ3) is 4.83. The number of aliphatic hydroxyl groups excluding tert-OH is 1. The molecule has 0 saturated carbocycles. The number of nitrogens with zero attached hydrogens (tertiary/aromatic N) is 2. The van der Waals surface area contributed by atoms with E-state index in [1.165, 1.54) is 17.0 Å². The zero-order chi connectivity index (χ0) is 23.3. The fourth-order valence-electron chi connectivity index (χ4n) is 3.92. The van der Waals surface area contributed by atoms with Crippen LogP contribution in [0.25, 0.3) is 5.76 Å². The number of carbonyl (C=O) groups excluding carboxylic acids is 2. The molecule has 1 unspecified atom stereocenters. The van der Waals surface area contributed by atoms with Crippen LogP contribution in [0.2, 0.25) is 0 Å². The third-order valence-corrected chi connectivity index (χ3v) is 5.72. The average Bonchev–Trinajstić information content (AvgIpc) is 3.05. The van der Waals surface area contributed by atoms with E-state index in [0.717, 1.165) is 13.1 Å². The summed E-state index contributed by atoms with van der Waals surface area (Å²) >= 11 is 0. The molecule has 3 rings (SSSR count). The molecule has 1 aliphatic rings. The maximum absolute atomic E-state index is 13.6. The molecule has 2 aromatic carbocycles. The van der Waals surface area contributed by atoms with Crippen molar-refractivity contribution < 1.29 is 23.8 Å². The first-order valence-electron chi connectivity index (χ1n) is 10.9. The number of rotatable bonds is 9. The largest absolute Gasteiger partial charge is 0.507 e. The Bertz CT molecular complexity index is 982. The lowest BCUT2D eigenvalue weighted by atomic mass is 9.95. The van der Waals surface area contributed by atoms with Crippen molar-refractivity contribution in [2.45, 2.75) is 26.8 Å². The van der Waals surface area contributed by atoms with Gasteiger partial charge in [-0.25, -0.2) is 4.39 Å². The minimum atomic E-state index is -0.794. The smallest absolute Gasteiger partial charge is 0.295 e. The quantitative estimate of drug-likeness (QED) is 0.363. The van der Waals surface area contributed by atoms with Gasteiger partial charge in [-0.15, -0.1) is 0 Å². The molecule has 170 valence electrons. The highest BCUT2D eigenvalue weighted by atomic mass is 19.1. The highest BCUT2D eigenvalue weighted by molar-refractivity contribution is 6.46. The van der Waals surface area contributed by atoms with Crippen molar-refractivity contribution >= 4 is 17.4 Å². The van der Waals surface area contributed by atoms with Crippen LogP contribution in [0.1, 0.15) is 37.9 Å². The predicted octanol–water partition coefficient (Wildman–Crippen LogP) is 3.99. The van der Waals surface area contributed by atoms with E-state index in [2.05, 4.69) is 4.90 Å². The summed E-state index contributed by atoms with van der Waals surface area (Å²) in [6.07, 6.45) is 0. The maximum atomic E-state index is 13.6. The Labute approximate surface area is 187 Å². The molecule has 7 heteroatoms. The number of hydrogen-bond donors (Lipinski definition) is 1. The van der Waals surface area contributed by atoms with Crippen LogP contribution in [-0.2, 0) is 9.59 Å². The molecule has 1 amide bonds. The SMILES string of the molecule is CCOc1ccc(/C(O)=C2\C(=O)C(=O)N(CCN(CC)CC)C2c2ccc(F)cc2)cc1. The molecule has 1 atom stereocenters. The zero-order valence-electron chi connectivity index (χ0n) is 18.7. The molecule has 0 radical (unpaired) electrons. The fourth-order valence-corrected chi connectivity index (χ4v) is 3.92. The Kier molecular flexibility index (Phi) is 7.64. The number of ketones is 1. The number of benzene rings is 2. The lowest BCUT2D eigenvalue weighted by Gasteiger charge is -2.28. The van der Waals surface area contributed by atoms with Gasteiger partial charge in [-0.3, -0.25) is 9.59 Å². The van der Waals surface area contributed by atoms with E-state index >= 15 is 0 Å². The summed E-state index contributed by atoms with van der Waals surface area (Å²) in [6.45, 7) is 8.96. The number of amides is 1. The highest BCUT2D eigenvalue weighted by Crippen LogP contribution is 2.39. The molecule has 0 aromatic heterocycles. The Balaban J connectivity index is 2.05. The summed E-state index contributed by atoms with van der Waals surface area (Å²) in [7, 11) is 0. The van der Waals surface area contributed by atoms with Gasteiger partial charge in [0.05, 0.1) is 18.2 Å². The molecule has 1 aliphatic heterocycles. The number of Topliss-reactive ketones (excluding diaryl/α,β-unsaturated/α-hetero) is 1. The second kappa shape index (κ2) is 10.4. The first kappa shape index (κ1) is 23.5. The van der Waals surface area contributed by atoms with Crippen LogP contribution in [0.4, 0.5) is 4.39 Å². The van der Waals surface area contributed by atoms with Crippen LogP contribution in [0.5, 0.6) is 5.75 Å². The van der Waals surface area contributed by atoms with E-state index < -0.39 is 23.5 Å². The molecular formula is C25H29FN2O4. The van der Waals surface area contributed by atoms with Gasteiger partial charge in [0.2, 0.25) is 0 Å². The minimum absolute atomic E-state index is 0.00492. The van der Waals surface area contributed by atoms with E-state index in [1.807, 2.05) is 20.8 Å². The summed E-state index contributed by atoms with van der Waals surface area (Å²) < 4.78 is 19.0. The van der Waals surface area contributed by atoms with Crippen molar-refractivity contribution in [3.63, 3.8) is 0 Å². The molecule has 0 spiro atoms. The first-order valence-corrected chi connectivity index (χ1v) is 10.9. The van der Waals surface area contributed by atoms with Crippen molar-refractivity contribution in [1.29, 1.82) is 0 Å². The van der Waals surface area contributed by atoms with Crippen LogP contribution in [-0.4, -0.2) is 59.4 Å². The lowest BCUT2D eigenvalue weighted by molar-refractivity contribution is -0.140. The topological polar surface area (TPSA) is 70.1 Å². The van der Waals surface area contributed by atoms with E-state index in [0.29, 0.717) is 36.6 Å². The van der Waals surface area contributed by atoms with Gasteiger partial charge < -0.3 is 19.6 Å². The molecule has 1 fully saturated rings. The van der Waals surface area contributed by atoms with Gasteiger partial charge in [0.1, 0.15) is 17.3 Å². The Hall–Kier alpha value is -3.19. The van der Waals surface area contributed by atoms with Crippen LogP contribution in [0.3, 0.4) is 0 Å². The van der Waals surface area contributed by atoms with Crippen LogP contribution < -0.4 is 4.74 Å². The summed E-state index contributed by atoms with van der Waals surface area (Å²) in [4.78, 5) is 29.6. The standard InChI is InChI=1S/C25H29FN2O4/c1-4-27(5-2)15-16-28-22(17-7-11-19(26)12-8-17)21(24(30)25(28)31)23(29)18-9-13-20(14-10-18)32-6-3/h7-14,22,29H,4-6,15-16H2,1-3H3/b23-21+. The van der Waals surface area contributed by atoms with Crippen molar-refractivity contribution in [3.8, 4) is 5.75 Å². The number of ether oxygens (including phenoxy) is 1. The molecule has 1 saturated heterocycles. The van der Waals surface area contributed by atoms with Gasteiger partial charge >= 0.3 is 0 Å².